The van der Waals surface area contributed by atoms with Gasteiger partial charge in [0.05, 0.1) is 0 Å². The van der Waals surface area contributed by atoms with Crippen molar-refractivity contribution in [3.05, 3.63) is 65.6 Å². The Balaban J connectivity index is 1.30. The average Bonchev–Trinajstić information content (AvgIpc) is 3.55. The van der Waals surface area contributed by atoms with Gasteiger partial charge in [0.25, 0.3) is 5.91 Å². The van der Waals surface area contributed by atoms with Crippen molar-refractivity contribution in [3.63, 3.8) is 0 Å². The number of likely N-dealkylation sites (tertiary alicyclic amines) is 1. The normalized spacial score (nSPS) is 26.0. The minimum atomic E-state index is -0.289. The van der Waals surface area contributed by atoms with Crippen LogP contribution in [0.1, 0.15) is 35.3 Å². The van der Waals surface area contributed by atoms with Gasteiger partial charge in [-0.3, -0.25) is 9.69 Å². The zero-order valence-corrected chi connectivity index (χ0v) is 18.2. The SMILES string of the molecule is O=C(c1cc2cc(F)ccc2[nH]1)N1c2ccccc2CC1C1CCN(C2CCCNC2)C1. The van der Waals surface area contributed by atoms with E-state index >= 15 is 0 Å². The number of aromatic amines is 1. The third-order valence-electron chi connectivity index (χ3n) is 7.63. The number of para-hydroxylation sites is 1. The van der Waals surface area contributed by atoms with Crippen molar-refractivity contribution in [1.82, 2.24) is 15.2 Å². The first-order valence-corrected chi connectivity index (χ1v) is 11.8. The number of halogens is 1. The molecule has 0 aliphatic carbocycles. The first kappa shape index (κ1) is 19.9. The molecule has 1 amide bonds. The Bertz CT molecular complexity index is 1150. The van der Waals surface area contributed by atoms with Crippen LogP contribution in [0.25, 0.3) is 10.9 Å². The Morgan fingerprint density at radius 3 is 2.88 bits per heavy atom. The predicted molar refractivity (Wildman–Crippen MR) is 125 cm³/mol. The number of amides is 1. The van der Waals surface area contributed by atoms with Crippen LogP contribution in [0, 0.1) is 11.7 Å². The molecule has 0 saturated carbocycles. The van der Waals surface area contributed by atoms with E-state index in [0.717, 1.165) is 55.6 Å². The molecule has 3 unspecified atom stereocenters. The van der Waals surface area contributed by atoms with Gasteiger partial charge in [0, 0.05) is 41.8 Å². The maximum atomic E-state index is 13.8. The number of carbonyl (C=O) groups is 1. The van der Waals surface area contributed by atoms with E-state index in [0.29, 0.717) is 17.7 Å². The summed E-state index contributed by atoms with van der Waals surface area (Å²) in [5.41, 5.74) is 3.57. The number of rotatable bonds is 3. The average molecular weight is 433 g/mol. The van der Waals surface area contributed by atoms with E-state index in [-0.39, 0.29) is 17.8 Å². The van der Waals surface area contributed by atoms with Crippen LogP contribution >= 0.6 is 0 Å². The van der Waals surface area contributed by atoms with Gasteiger partial charge in [0.2, 0.25) is 0 Å². The Morgan fingerprint density at radius 1 is 1.09 bits per heavy atom. The summed E-state index contributed by atoms with van der Waals surface area (Å²) < 4.78 is 13.7. The molecule has 6 heteroatoms. The number of hydrogen-bond acceptors (Lipinski definition) is 3. The van der Waals surface area contributed by atoms with Gasteiger partial charge in [0.1, 0.15) is 11.5 Å². The van der Waals surface area contributed by atoms with Gasteiger partial charge in [-0.1, -0.05) is 18.2 Å². The molecule has 4 heterocycles. The van der Waals surface area contributed by atoms with Crippen LogP contribution in [-0.4, -0.2) is 54.1 Å². The number of aromatic nitrogens is 1. The molecule has 3 aromatic rings. The van der Waals surface area contributed by atoms with Gasteiger partial charge >= 0.3 is 0 Å². The summed E-state index contributed by atoms with van der Waals surface area (Å²) in [4.78, 5) is 21.7. The molecule has 5 nitrogen and oxygen atoms in total. The fourth-order valence-corrected chi connectivity index (χ4v) is 6.01. The van der Waals surface area contributed by atoms with Gasteiger partial charge < -0.3 is 15.2 Å². The predicted octanol–water partition coefficient (Wildman–Crippen LogP) is 3.95. The van der Waals surface area contributed by atoms with Crippen molar-refractivity contribution in [2.24, 2.45) is 5.92 Å². The third-order valence-corrected chi connectivity index (χ3v) is 7.63. The standard InChI is InChI=1S/C26H29FN4O/c27-20-7-8-22-19(12-20)13-23(29-22)26(32)31-24-6-2-1-4-17(24)14-25(31)18-9-11-30(16-18)21-5-3-10-28-15-21/h1-2,4,6-8,12-13,18,21,25,28-29H,3,5,9-11,14-16H2. The van der Waals surface area contributed by atoms with Crippen LogP contribution in [0.15, 0.2) is 48.5 Å². The number of nitrogens with zero attached hydrogens (tertiary/aromatic N) is 2. The van der Waals surface area contributed by atoms with E-state index in [1.54, 1.807) is 12.1 Å². The van der Waals surface area contributed by atoms with E-state index in [1.807, 2.05) is 11.0 Å². The molecule has 0 spiro atoms. The Labute approximate surface area is 187 Å². The lowest BCUT2D eigenvalue weighted by molar-refractivity contribution is 0.0966. The highest BCUT2D eigenvalue weighted by Gasteiger charge is 2.42. The van der Waals surface area contributed by atoms with Crippen LogP contribution in [0.5, 0.6) is 0 Å². The van der Waals surface area contributed by atoms with E-state index in [4.69, 9.17) is 0 Å². The van der Waals surface area contributed by atoms with Gasteiger partial charge in [0.15, 0.2) is 0 Å². The van der Waals surface area contributed by atoms with E-state index in [2.05, 4.69) is 33.4 Å². The lowest BCUT2D eigenvalue weighted by Gasteiger charge is -2.33. The number of carbonyl (C=O) groups excluding carboxylic acids is 1. The van der Waals surface area contributed by atoms with Crippen molar-refractivity contribution in [1.29, 1.82) is 0 Å². The van der Waals surface area contributed by atoms with Gasteiger partial charge in [-0.05, 0) is 80.6 Å². The fraction of sp³-hybridized carbons (Fsp3) is 0.423. The molecule has 3 aliphatic rings. The zero-order chi connectivity index (χ0) is 21.7. The lowest BCUT2D eigenvalue weighted by Crippen LogP contribution is -2.47. The largest absolute Gasteiger partial charge is 0.351 e. The Hall–Kier alpha value is -2.70. The topological polar surface area (TPSA) is 51.4 Å². The quantitative estimate of drug-likeness (QED) is 0.659. The molecule has 1 aromatic heterocycles. The molecule has 2 N–H and O–H groups in total. The second kappa shape index (κ2) is 8.01. The number of H-pyrrole nitrogens is 1. The smallest absolute Gasteiger partial charge is 0.275 e. The molecule has 2 saturated heterocycles. The summed E-state index contributed by atoms with van der Waals surface area (Å²) in [7, 11) is 0. The number of benzene rings is 2. The van der Waals surface area contributed by atoms with Gasteiger partial charge in [-0.25, -0.2) is 4.39 Å². The maximum absolute atomic E-state index is 13.8. The third kappa shape index (κ3) is 3.42. The number of fused-ring (bicyclic) bond motifs is 2. The molecule has 166 valence electrons. The lowest BCUT2D eigenvalue weighted by atomic mass is 9.95. The highest BCUT2D eigenvalue weighted by atomic mass is 19.1. The molecule has 3 aliphatic heterocycles. The molecular weight excluding hydrogens is 403 g/mol. The maximum Gasteiger partial charge on any atom is 0.275 e. The molecular formula is C26H29FN4O. The van der Waals surface area contributed by atoms with Crippen molar-refractivity contribution >= 4 is 22.5 Å². The van der Waals surface area contributed by atoms with Crippen LogP contribution < -0.4 is 10.2 Å². The molecule has 0 radical (unpaired) electrons. The number of nitrogens with one attached hydrogen (secondary N) is 2. The van der Waals surface area contributed by atoms with Crippen molar-refractivity contribution in [2.75, 3.05) is 31.1 Å². The molecule has 32 heavy (non-hydrogen) atoms. The monoisotopic (exact) mass is 432 g/mol. The van der Waals surface area contributed by atoms with E-state index in [9.17, 15) is 9.18 Å². The molecule has 2 aromatic carbocycles. The van der Waals surface area contributed by atoms with E-state index < -0.39 is 0 Å². The highest BCUT2D eigenvalue weighted by molar-refractivity contribution is 6.09. The van der Waals surface area contributed by atoms with Gasteiger partial charge in [-0.2, -0.15) is 0 Å². The Kier molecular flexibility index (Phi) is 5.00. The minimum Gasteiger partial charge on any atom is -0.351 e. The van der Waals surface area contributed by atoms with Crippen LogP contribution in [-0.2, 0) is 6.42 Å². The van der Waals surface area contributed by atoms with Crippen molar-refractivity contribution in [3.8, 4) is 0 Å². The first-order valence-electron chi connectivity index (χ1n) is 11.8. The molecule has 3 atom stereocenters. The van der Waals surface area contributed by atoms with Crippen LogP contribution in [0.4, 0.5) is 10.1 Å². The number of anilines is 1. The molecule has 0 bridgehead atoms. The van der Waals surface area contributed by atoms with Crippen LogP contribution in [0.2, 0.25) is 0 Å². The van der Waals surface area contributed by atoms with Crippen molar-refractivity contribution < 1.29 is 9.18 Å². The first-order chi connectivity index (χ1) is 15.7. The number of piperidine rings is 1. The van der Waals surface area contributed by atoms with Crippen molar-refractivity contribution in [2.45, 2.75) is 37.8 Å². The summed E-state index contributed by atoms with van der Waals surface area (Å²) in [5.74, 6) is 0.146. The number of hydrogen-bond donors (Lipinski definition) is 2. The molecule has 6 rings (SSSR count). The second-order valence-electron chi connectivity index (χ2n) is 9.53. The molecule has 2 fully saturated rings. The second-order valence-corrected chi connectivity index (χ2v) is 9.53. The Morgan fingerprint density at radius 2 is 2.00 bits per heavy atom. The summed E-state index contributed by atoms with van der Waals surface area (Å²) in [6.45, 7) is 4.36. The zero-order valence-electron chi connectivity index (χ0n) is 18.2. The van der Waals surface area contributed by atoms with E-state index in [1.165, 1.54) is 30.5 Å². The highest BCUT2D eigenvalue weighted by Crippen LogP contribution is 2.39. The summed E-state index contributed by atoms with van der Waals surface area (Å²) in [5, 5.41) is 4.27. The van der Waals surface area contributed by atoms with Gasteiger partial charge in [-0.15, -0.1) is 0 Å². The fourth-order valence-electron chi connectivity index (χ4n) is 6.01. The van der Waals surface area contributed by atoms with Crippen LogP contribution in [0.3, 0.4) is 0 Å². The summed E-state index contributed by atoms with van der Waals surface area (Å²) in [6, 6.07) is 15.4. The summed E-state index contributed by atoms with van der Waals surface area (Å²) >= 11 is 0. The summed E-state index contributed by atoms with van der Waals surface area (Å²) in [6.07, 6.45) is 4.53. The minimum absolute atomic E-state index is 0.0191.